The molecule has 3 aliphatic rings. The molecule has 100 valence electrons. The van der Waals surface area contributed by atoms with Crippen LogP contribution in [0.25, 0.3) is 0 Å². The molecule has 1 saturated heterocycles. The van der Waals surface area contributed by atoms with Gasteiger partial charge in [0, 0.05) is 12.5 Å². The monoisotopic (exact) mass is 252 g/mol. The van der Waals surface area contributed by atoms with E-state index in [0.29, 0.717) is 12.5 Å². The van der Waals surface area contributed by atoms with E-state index in [-0.39, 0.29) is 23.2 Å². The van der Waals surface area contributed by atoms with Crippen molar-refractivity contribution in [2.45, 2.75) is 38.8 Å². The Hall–Kier alpha value is -1.10. The van der Waals surface area contributed by atoms with Gasteiger partial charge in [-0.2, -0.15) is 0 Å². The smallest absolute Gasteiger partial charge is 0.326 e. The first kappa shape index (κ1) is 12.0. The summed E-state index contributed by atoms with van der Waals surface area (Å²) in [6, 6.07) is -1.16. The van der Waals surface area contributed by atoms with E-state index < -0.39 is 18.1 Å². The molecule has 1 unspecified atom stereocenters. The lowest BCUT2D eigenvalue weighted by atomic mass is 10.00. The van der Waals surface area contributed by atoms with Crippen molar-refractivity contribution < 1.29 is 14.7 Å². The van der Waals surface area contributed by atoms with Gasteiger partial charge in [-0.1, -0.05) is 13.8 Å². The van der Waals surface area contributed by atoms with Crippen LogP contribution in [0.5, 0.6) is 0 Å². The van der Waals surface area contributed by atoms with Gasteiger partial charge in [-0.05, 0) is 30.1 Å². The molecule has 3 N–H and O–H groups in total. The van der Waals surface area contributed by atoms with Gasteiger partial charge in [-0.15, -0.1) is 0 Å². The maximum absolute atomic E-state index is 12.3. The number of hydrogen-bond donors (Lipinski definition) is 2. The Labute approximate surface area is 106 Å². The van der Waals surface area contributed by atoms with E-state index in [4.69, 9.17) is 5.73 Å². The average molecular weight is 252 g/mol. The first-order chi connectivity index (χ1) is 8.35. The topological polar surface area (TPSA) is 83.6 Å². The number of fused-ring (bicyclic) bond motifs is 1. The molecule has 4 atom stereocenters. The Balaban J connectivity index is 1.77. The summed E-state index contributed by atoms with van der Waals surface area (Å²) >= 11 is 0. The van der Waals surface area contributed by atoms with Gasteiger partial charge in [0.1, 0.15) is 6.04 Å². The fourth-order valence-electron chi connectivity index (χ4n) is 3.64. The van der Waals surface area contributed by atoms with Crippen LogP contribution in [0.15, 0.2) is 0 Å². The number of piperidine rings is 1. The van der Waals surface area contributed by atoms with Gasteiger partial charge in [0.15, 0.2) is 0 Å². The van der Waals surface area contributed by atoms with Gasteiger partial charge >= 0.3 is 5.97 Å². The van der Waals surface area contributed by atoms with Crippen LogP contribution in [-0.2, 0) is 9.59 Å². The SMILES string of the molecule is CC1(C)[C@@H]2[C@@H](C(=O)O)N(C(=O)C(N)C3CC3)C[C@@H]21. The van der Waals surface area contributed by atoms with E-state index in [1.807, 2.05) is 0 Å². The summed E-state index contributed by atoms with van der Waals surface area (Å²) in [5.74, 6) is -0.339. The predicted octanol–water partition coefficient (Wildman–Crippen LogP) is 0.291. The van der Waals surface area contributed by atoms with E-state index in [0.717, 1.165) is 12.8 Å². The number of aliphatic carboxylic acids is 1. The van der Waals surface area contributed by atoms with Crippen molar-refractivity contribution in [3.05, 3.63) is 0 Å². The first-order valence-electron chi connectivity index (χ1n) is 6.64. The van der Waals surface area contributed by atoms with Crippen LogP contribution in [0.3, 0.4) is 0 Å². The molecular formula is C13H20N2O3. The number of nitrogens with two attached hydrogens (primary N) is 1. The summed E-state index contributed by atoms with van der Waals surface area (Å²) in [4.78, 5) is 25.2. The number of nitrogens with zero attached hydrogens (tertiary/aromatic N) is 1. The average Bonchev–Trinajstić information content (AvgIpc) is 3.15. The van der Waals surface area contributed by atoms with E-state index in [2.05, 4.69) is 13.8 Å². The normalized spacial score (nSPS) is 38.2. The molecule has 5 nitrogen and oxygen atoms in total. The fourth-order valence-corrected chi connectivity index (χ4v) is 3.64. The molecule has 0 aromatic heterocycles. The Morgan fingerprint density at radius 1 is 1.39 bits per heavy atom. The summed E-state index contributed by atoms with van der Waals surface area (Å²) in [5, 5.41) is 9.36. The van der Waals surface area contributed by atoms with Crippen molar-refractivity contribution >= 4 is 11.9 Å². The minimum absolute atomic E-state index is 0.0590. The van der Waals surface area contributed by atoms with Crippen LogP contribution in [0.2, 0.25) is 0 Å². The maximum atomic E-state index is 12.3. The molecule has 3 rings (SSSR count). The van der Waals surface area contributed by atoms with Crippen molar-refractivity contribution in [3.8, 4) is 0 Å². The molecule has 2 aliphatic carbocycles. The summed E-state index contributed by atoms with van der Waals surface area (Å²) in [6.07, 6.45) is 1.99. The fraction of sp³-hybridized carbons (Fsp3) is 0.846. The van der Waals surface area contributed by atoms with Gasteiger partial charge in [0.25, 0.3) is 0 Å². The lowest BCUT2D eigenvalue weighted by molar-refractivity contribution is -0.151. The van der Waals surface area contributed by atoms with Crippen LogP contribution < -0.4 is 5.73 Å². The molecule has 0 aromatic rings. The van der Waals surface area contributed by atoms with E-state index in [1.165, 1.54) is 4.90 Å². The molecule has 2 saturated carbocycles. The van der Waals surface area contributed by atoms with E-state index in [9.17, 15) is 14.7 Å². The number of carboxylic acids is 1. The third-order valence-corrected chi connectivity index (χ3v) is 5.16. The van der Waals surface area contributed by atoms with Crippen molar-refractivity contribution in [2.24, 2.45) is 28.9 Å². The third kappa shape index (κ3) is 1.49. The zero-order chi connectivity index (χ0) is 13.2. The van der Waals surface area contributed by atoms with Gasteiger partial charge in [0.05, 0.1) is 6.04 Å². The van der Waals surface area contributed by atoms with Crippen molar-refractivity contribution in [2.75, 3.05) is 6.54 Å². The Kier molecular flexibility index (Phi) is 2.31. The Morgan fingerprint density at radius 2 is 2.00 bits per heavy atom. The van der Waals surface area contributed by atoms with Crippen LogP contribution >= 0.6 is 0 Å². The molecule has 18 heavy (non-hydrogen) atoms. The van der Waals surface area contributed by atoms with Gasteiger partial charge in [-0.25, -0.2) is 4.79 Å². The molecule has 1 amide bonds. The predicted molar refractivity (Wildman–Crippen MR) is 64.6 cm³/mol. The zero-order valence-electron chi connectivity index (χ0n) is 10.8. The molecule has 0 spiro atoms. The van der Waals surface area contributed by atoms with Gasteiger partial charge in [-0.3, -0.25) is 4.79 Å². The second-order valence-electron chi connectivity index (χ2n) is 6.59. The molecule has 0 radical (unpaired) electrons. The maximum Gasteiger partial charge on any atom is 0.326 e. The number of amides is 1. The number of likely N-dealkylation sites (tertiary alicyclic amines) is 1. The number of carbonyl (C=O) groups is 2. The minimum Gasteiger partial charge on any atom is -0.480 e. The summed E-state index contributed by atoms with van der Waals surface area (Å²) < 4.78 is 0. The minimum atomic E-state index is -0.885. The van der Waals surface area contributed by atoms with Crippen molar-refractivity contribution in [1.29, 1.82) is 0 Å². The zero-order valence-corrected chi connectivity index (χ0v) is 10.8. The number of rotatable bonds is 3. The largest absolute Gasteiger partial charge is 0.480 e. The van der Waals surface area contributed by atoms with Gasteiger partial charge in [0.2, 0.25) is 5.91 Å². The number of carbonyl (C=O) groups excluding carboxylic acids is 1. The highest BCUT2D eigenvalue weighted by molar-refractivity contribution is 5.89. The molecule has 1 aliphatic heterocycles. The van der Waals surface area contributed by atoms with Crippen LogP contribution in [0.4, 0.5) is 0 Å². The van der Waals surface area contributed by atoms with Gasteiger partial charge < -0.3 is 15.7 Å². The summed E-state index contributed by atoms with van der Waals surface area (Å²) in [7, 11) is 0. The lowest BCUT2D eigenvalue weighted by Crippen LogP contribution is -2.52. The standard InChI is InChI=1S/C13H20N2O3/c1-13(2)7-5-15(10(8(7)13)12(17)18)11(16)9(14)6-3-4-6/h6-10H,3-5,14H2,1-2H3,(H,17,18)/t7-,8-,9?,10-/m0/s1. The highest BCUT2D eigenvalue weighted by Gasteiger charge is 2.69. The quantitative estimate of drug-likeness (QED) is 0.756. The molecule has 0 bridgehead atoms. The first-order valence-corrected chi connectivity index (χ1v) is 6.64. The van der Waals surface area contributed by atoms with Crippen LogP contribution in [-0.4, -0.2) is 40.5 Å². The number of hydrogen-bond acceptors (Lipinski definition) is 3. The molecule has 5 heteroatoms. The highest BCUT2D eigenvalue weighted by atomic mass is 16.4. The third-order valence-electron chi connectivity index (χ3n) is 5.16. The van der Waals surface area contributed by atoms with E-state index >= 15 is 0 Å². The Bertz CT molecular complexity index is 416. The highest BCUT2D eigenvalue weighted by Crippen LogP contribution is 2.64. The van der Waals surface area contributed by atoms with Crippen LogP contribution in [0, 0.1) is 23.2 Å². The molecule has 1 heterocycles. The van der Waals surface area contributed by atoms with E-state index in [1.54, 1.807) is 0 Å². The Morgan fingerprint density at radius 3 is 2.50 bits per heavy atom. The number of carboxylic acid groups (broad SMARTS) is 1. The van der Waals surface area contributed by atoms with Crippen molar-refractivity contribution in [3.63, 3.8) is 0 Å². The molecule has 0 aromatic carbocycles. The second-order valence-corrected chi connectivity index (χ2v) is 6.59. The summed E-state index contributed by atoms with van der Waals surface area (Å²) in [6.45, 7) is 4.73. The molecule has 3 fully saturated rings. The van der Waals surface area contributed by atoms with Crippen molar-refractivity contribution in [1.82, 2.24) is 4.90 Å². The molecular weight excluding hydrogens is 232 g/mol. The van der Waals surface area contributed by atoms with Crippen LogP contribution in [0.1, 0.15) is 26.7 Å². The lowest BCUT2D eigenvalue weighted by Gasteiger charge is -2.30. The second kappa shape index (κ2) is 3.47. The summed E-state index contributed by atoms with van der Waals surface area (Å²) in [5.41, 5.74) is 5.97.